The van der Waals surface area contributed by atoms with Gasteiger partial charge in [0.25, 0.3) is 0 Å². The number of hydrogen-bond acceptors (Lipinski definition) is 5. The Bertz CT molecular complexity index is 482. The Morgan fingerprint density at radius 1 is 1.55 bits per heavy atom. The highest BCUT2D eigenvalue weighted by molar-refractivity contribution is 7.98. The lowest BCUT2D eigenvalue weighted by atomic mass is 10.1. The number of nitrogen functional groups attached to an aromatic ring is 1. The molecule has 0 aliphatic heterocycles. The summed E-state index contributed by atoms with van der Waals surface area (Å²) < 4.78 is 18.8. The summed E-state index contributed by atoms with van der Waals surface area (Å²) in [4.78, 5) is 13.5. The normalized spacial score (nSPS) is 12.1. The van der Waals surface area contributed by atoms with Gasteiger partial charge in [0.1, 0.15) is 5.82 Å². The second-order valence-electron chi connectivity index (χ2n) is 4.51. The second-order valence-corrected chi connectivity index (χ2v) is 5.42. The third kappa shape index (κ3) is 3.56. The second kappa shape index (κ2) is 7.38. The minimum absolute atomic E-state index is 0.0874. The van der Waals surface area contributed by atoms with E-state index in [-0.39, 0.29) is 17.3 Å². The number of methoxy groups -OCH3 is 1. The zero-order valence-corrected chi connectivity index (χ0v) is 13.1. The summed E-state index contributed by atoms with van der Waals surface area (Å²) in [5, 5.41) is 0. The quantitative estimate of drug-likeness (QED) is 0.646. The summed E-state index contributed by atoms with van der Waals surface area (Å²) in [6.07, 6.45) is 2.89. The van der Waals surface area contributed by atoms with E-state index < -0.39 is 11.8 Å². The fourth-order valence-corrected chi connectivity index (χ4v) is 2.87. The Morgan fingerprint density at radius 2 is 2.20 bits per heavy atom. The molecule has 0 bridgehead atoms. The van der Waals surface area contributed by atoms with Crippen LogP contribution in [-0.2, 0) is 4.74 Å². The Balaban J connectivity index is 3.19. The number of thioether (sulfide) groups is 1. The van der Waals surface area contributed by atoms with Gasteiger partial charge in [0.2, 0.25) is 0 Å². The monoisotopic (exact) mass is 300 g/mol. The lowest BCUT2D eigenvalue weighted by Gasteiger charge is -2.29. The van der Waals surface area contributed by atoms with Crippen LogP contribution in [0.1, 0.15) is 23.7 Å². The van der Waals surface area contributed by atoms with Crippen LogP contribution < -0.4 is 10.6 Å². The molecule has 20 heavy (non-hydrogen) atoms. The molecule has 0 aliphatic rings. The van der Waals surface area contributed by atoms with Crippen LogP contribution in [0.2, 0.25) is 0 Å². The van der Waals surface area contributed by atoms with Gasteiger partial charge in [-0.3, -0.25) is 0 Å². The predicted octanol–water partition coefficient (Wildman–Crippen LogP) is 2.77. The van der Waals surface area contributed by atoms with E-state index in [1.807, 2.05) is 25.1 Å². The third-order valence-electron chi connectivity index (χ3n) is 3.28. The zero-order valence-electron chi connectivity index (χ0n) is 12.3. The average Bonchev–Trinajstić information content (AvgIpc) is 2.43. The number of carbonyl (C=O) groups excluding carboxylic acids is 1. The number of anilines is 2. The molecule has 0 saturated heterocycles. The predicted molar refractivity (Wildman–Crippen MR) is 83.0 cm³/mol. The van der Waals surface area contributed by atoms with Crippen molar-refractivity contribution in [3.05, 3.63) is 23.5 Å². The molecule has 1 unspecified atom stereocenters. The molecular weight excluding hydrogens is 279 g/mol. The molecule has 4 nitrogen and oxygen atoms in total. The molecule has 0 heterocycles. The number of carbonyl (C=O) groups is 1. The molecule has 1 aromatic carbocycles. The van der Waals surface area contributed by atoms with Crippen molar-refractivity contribution in [3.63, 3.8) is 0 Å². The number of halogens is 1. The van der Waals surface area contributed by atoms with Gasteiger partial charge < -0.3 is 15.4 Å². The minimum Gasteiger partial charge on any atom is -0.465 e. The number of rotatable bonds is 6. The van der Waals surface area contributed by atoms with E-state index in [1.165, 1.54) is 19.2 Å². The molecule has 0 saturated carbocycles. The highest BCUT2D eigenvalue weighted by Crippen LogP contribution is 2.27. The van der Waals surface area contributed by atoms with Gasteiger partial charge in [-0.25, -0.2) is 9.18 Å². The number of nitrogens with zero attached hydrogens (tertiary/aromatic N) is 1. The Morgan fingerprint density at radius 3 is 2.70 bits per heavy atom. The van der Waals surface area contributed by atoms with E-state index in [0.717, 1.165) is 12.2 Å². The van der Waals surface area contributed by atoms with E-state index in [1.54, 1.807) is 11.8 Å². The molecule has 0 spiro atoms. The maximum Gasteiger partial charge on any atom is 0.340 e. The first kappa shape index (κ1) is 16.6. The van der Waals surface area contributed by atoms with Crippen molar-refractivity contribution in [2.45, 2.75) is 19.4 Å². The van der Waals surface area contributed by atoms with Crippen molar-refractivity contribution in [3.8, 4) is 0 Å². The number of ether oxygens (including phenoxy) is 1. The summed E-state index contributed by atoms with van der Waals surface area (Å²) in [7, 11) is 3.09. The SMILES string of the molecule is CCC(CSC)N(C)c1cc(C(=O)OC)c(N)cc1F. The van der Waals surface area contributed by atoms with Crippen LogP contribution in [0.15, 0.2) is 12.1 Å². The zero-order chi connectivity index (χ0) is 15.3. The van der Waals surface area contributed by atoms with Crippen molar-refractivity contribution in [2.75, 3.05) is 36.8 Å². The molecule has 0 aliphatic carbocycles. The molecule has 1 atom stereocenters. The number of esters is 1. The third-order valence-corrected chi connectivity index (χ3v) is 4.00. The van der Waals surface area contributed by atoms with Crippen LogP contribution in [0.3, 0.4) is 0 Å². The maximum absolute atomic E-state index is 14.1. The van der Waals surface area contributed by atoms with Gasteiger partial charge in [0.05, 0.1) is 18.4 Å². The lowest BCUT2D eigenvalue weighted by molar-refractivity contribution is 0.0602. The molecule has 0 amide bonds. The molecule has 0 radical (unpaired) electrons. The van der Waals surface area contributed by atoms with Gasteiger partial charge in [-0.1, -0.05) is 6.92 Å². The summed E-state index contributed by atoms with van der Waals surface area (Å²) in [6.45, 7) is 2.05. The van der Waals surface area contributed by atoms with E-state index >= 15 is 0 Å². The van der Waals surface area contributed by atoms with Crippen molar-refractivity contribution in [2.24, 2.45) is 0 Å². The van der Waals surface area contributed by atoms with Crippen molar-refractivity contribution < 1.29 is 13.9 Å². The van der Waals surface area contributed by atoms with E-state index in [2.05, 4.69) is 4.74 Å². The van der Waals surface area contributed by atoms with Gasteiger partial charge in [-0.2, -0.15) is 11.8 Å². The molecule has 0 aromatic heterocycles. The van der Waals surface area contributed by atoms with E-state index in [4.69, 9.17) is 5.73 Å². The number of nitrogens with two attached hydrogens (primary N) is 1. The van der Waals surface area contributed by atoms with Gasteiger partial charge >= 0.3 is 5.97 Å². The summed E-state index contributed by atoms with van der Waals surface area (Å²) in [5.41, 5.74) is 6.31. The van der Waals surface area contributed by atoms with Gasteiger partial charge in [-0.15, -0.1) is 0 Å². The smallest absolute Gasteiger partial charge is 0.340 e. The number of benzene rings is 1. The largest absolute Gasteiger partial charge is 0.465 e. The Hall–Kier alpha value is -1.43. The van der Waals surface area contributed by atoms with Gasteiger partial charge in [0.15, 0.2) is 0 Å². The maximum atomic E-state index is 14.1. The highest BCUT2D eigenvalue weighted by Gasteiger charge is 2.20. The van der Waals surface area contributed by atoms with Crippen molar-refractivity contribution in [1.82, 2.24) is 0 Å². The molecule has 6 heteroatoms. The minimum atomic E-state index is -0.560. The molecule has 1 aromatic rings. The van der Waals surface area contributed by atoms with Crippen LogP contribution in [0.25, 0.3) is 0 Å². The van der Waals surface area contributed by atoms with Crippen LogP contribution in [0, 0.1) is 5.82 Å². The fraction of sp³-hybridized carbons (Fsp3) is 0.500. The molecule has 0 fully saturated rings. The van der Waals surface area contributed by atoms with Crippen LogP contribution in [0.4, 0.5) is 15.8 Å². The Labute approximate surface area is 123 Å². The van der Waals surface area contributed by atoms with E-state index in [9.17, 15) is 9.18 Å². The summed E-state index contributed by atoms with van der Waals surface area (Å²) in [5.74, 6) is -0.114. The first-order chi connectivity index (χ1) is 9.46. The average molecular weight is 300 g/mol. The lowest BCUT2D eigenvalue weighted by Crippen LogP contribution is -2.34. The van der Waals surface area contributed by atoms with Crippen molar-refractivity contribution in [1.29, 1.82) is 0 Å². The molecule has 112 valence electrons. The standard InChI is InChI=1S/C14H21FN2O2S/c1-5-9(8-20-4)17(2)13-6-10(14(18)19-3)12(16)7-11(13)15/h6-7,9H,5,8,16H2,1-4H3. The van der Waals surface area contributed by atoms with Crippen LogP contribution in [0.5, 0.6) is 0 Å². The van der Waals surface area contributed by atoms with Crippen LogP contribution >= 0.6 is 11.8 Å². The van der Waals surface area contributed by atoms with Crippen molar-refractivity contribution >= 4 is 29.1 Å². The summed E-state index contributed by atoms with van der Waals surface area (Å²) in [6, 6.07) is 2.82. The molecule has 1 rings (SSSR count). The molecular formula is C14H21FN2O2S. The first-order valence-corrected chi connectivity index (χ1v) is 7.74. The topological polar surface area (TPSA) is 55.6 Å². The Kier molecular flexibility index (Phi) is 6.13. The highest BCUT2D eigenvalue weighted by atomic mass is 32.2. The fourth-order valence-electron chi connectivity index (χ4n) is 2.03. The number of hydrogen-bond donors (Lipinski definition) is 1. The van der Waals surface area contributed by atoms with Gasteiger partial charge in [0, 0.05) is 24.5 Å². The first-order valence-electron chi connectivity index (χ1n) is 6.35. The summed E-state index contributed by atoms with van der Waals surface area (Å²) >= 11 is 1.70. The molecule has 2 N–H and O–H groups in total. The van der Waals surface area contributed by atoms with Crippen LogP contribution in [-0.4, -0.2) is 38.2 Å². The van der Waals surface area contributed by atoms with E-state index in [0.29, 0.717) is 5.69 Å². The van der Waals surface area contributed by atoms with Gasteiger partial charge in [-0.05, 0) is 24.8 Å².